The van der Waals surface area contributed by atoms with Gasteiger partial charge in [-0.3, -0.25) is 0 Å². The van der Waals surface area contributed by atoms with Crippen molar-refractivity contribution in [3.8, 4) is 6.07 Å². The molecule has 0 radical (unpaired) electrons. The van der Waals surface area contributed by atoms with E-state index in [1.54, 1.807) is 6.07 Å². The molecule has 0 unspecified atom stereocenters. The van der Waals surface area contributed by atoms with E-state index >= 15 is 0 Å². The van der Waals surface area contributed by atoms with Gasteiger partial charge in [-0.2, -0.15) is 9.57 Å². The summed E-state index contributed by atoms with van der Waals surface area (Å²) in [5.41, 5.74) is 0.169. The first kappa shape index (κ1) is 13.5. The van der Waals surface area contributed by atoms with E-state index in [-0.39, 0.29) is 10.5 Å². The van der Waals surface area contributed by atoms with E-state index in [0.717, 1.165) is 0 Å². The molecule has 0 aliphatic carbocycles. The van der Waals surface area contributed by atoms with Crippen LogP contribution in [0.15, 0.2) is 27.6 Å². The number of hydrogen-bond acceptors (Lipinski definition) is 4. The molecule has 0 saturated carbocycles. The molecule has 7 heteroatoms. The molecule has 1 aliphatic rings. The predicted octanol–water partition coefficient (Wildman–Crippen LogP) is 0.915. The number of nitrogens with zero attached hydrogens (tertiary/aromatic N) is 2. The molecule has 0 bridgehead atoms. The predicted molar refractivity (Wildman–Crippen MR) is 70.5 cm³/mol. The minimum Gasteiger partial charge on any atom is -0.314 e. The Morgan fingerprint density at radius 2 is 2.00 bits per heavy atom. The summed E-state index contributed by atoms with van der Waals surface area (Å²) in [5.74, 6) is 0. The van der Waals surface area contributed by atoms with Crippen LogP contribution in [-0.4, -0.2) is 38.9 Å². The lowest BCUT2D eigenvalue weighted by atomic mass is 10.2. The van der Waals surface area contributed by atoms with Crippen molar-refractivity contribution >= 4 is 26.0 Å². The third kappa shape index (κ3) is 2.57. The van der Waals surface area contributed by atoms with Gasteiger partial charge in [-0.25, -0.2) is 8.42 Å². The van der Waals surface area contributed by atoms with Crippen LogP contribution >= 0.6 is 15.9 Å². The van der Waals surface area contributed by atoms with Crippen molar-refractivity contribution in [3.63, 3.8) is 0 Å². The molecule has 18 heavy (non-hydrogen) atoms. The van der Waals surface area contributed by atoms with Gasteiger partial charge in [0.2, 0.25) is 10.0 Å². The van der Waals surface area contributed by atoms with Crippen LogP contribution in [0.5, 0.6) is 0 Å². The molecule has 5 nitrogen and oxygen atoms in total. The van der Waals surface area contributed by atoms with Crippen LogP contribution < -0.4 is 5.32 Å². The fourth-order valence-electron chi connectivity index (χ4n) is 1.84. The summed E-state index contributed by atoms with van der Waals surface area (Å²) < 4.78 is 26.9. The molecule has 0 atom stereocenters. The normalized spacial score (nSPS) is 17.3. The van der Waals surface area contributed by atoms with Crippen molar-refractivity contribution in [1.82, 2.24) is 9.62 Å². The van der Waals surface area contributed by atoms with E-state index in [0.29, 0.717) is 30.7 Å². The number of halogens is 1. The fraction of sp³-hybridized carbons (Fsp3) is 0.364. The molecule has 96 valence electrons. The van der Waals surface area contributed by atoms with E-state index in [1.165, 1.54) is 16.4 Å². The summed E-state index contributed by atoms with van der Waals surface area (Å²) in [6.07, 6.45) is 0. The first-order chi connectivity index (χ1) is 8.55. The number of nitriles is 1. The number of benzene rings is 1. The minimum absolute atomic E-state index is 0.0788. The first-order valence-electron chi connectivity index (χ1n) is 5.46. The van der Waals surface area contributed by atoms with Crippen LogP contribution in [-0.2, 0) is 10.0 Å². The van der Waals surface area contributed by atoms with E-state index < -0.39 is 10.0 Å². The average molecular weight is 330 g/mol. The van der Waals surface area contributed by atoms with Gasteiger partial charge < -0.3 is 5.32 Å². The van der Waals surface area contributed by atoms with Crippen LogP contribution in [0.1, 0.15) is 5.56 Å². The Balaban J connectivity index is 2.44. The molecular formula is C11H12BrN3O2S. The van der Waals surface area contributed by atoms with Crippen LogP contribution in [0.2, 0.25) is 0 Å². The maximum absolute atomic E-state index is 12.4. The van der Waals surface area contributed by atoms with Gasteiger partial charge in [0.1, 0.15) is 11.0 Å². The van der Waals surface area contributed by atoms with Crippen molar-refractivity contribution in [1.29, 1.82) is 5.26 Å². The zero-order valence-electron chi connectivity index (χ0n) is 9.56. The molecule has 1 aromatic carbocycles. The number of nitrogens with one attached hydrogen (secondary N) is 1. The molecular weight excluding hydrogens is 318 g/mol. The number of piperazine rings is 1. The van der Waals surface area contributed by atoms with Crippen molar-refractivity contribution in [3.05, 3.63) is 28.2 Å². The van der Waals surface area contributed by atoms with E-state index in [9.17, 15) is 8.42 Å². The third-order valence-corrected chi connectivity index (χ3v) is 5.21. The Bertz CT molecular complexity index is 589. The summed E-state index contributed by atoms with van der Waals surface area (Å²) in [6.45, 7) is 2.14. The largest absolute Gasteiger partial charge is 0.314 e. The molecule has 0 amide bonds. The summed E-state index contributed by atoms with van der Waals surface area (Å²) in [7, 11) is -3.57. The summed E-state index contributed by atoms with van der Waals surface area (Å²) >= 11 is 3.23. The first-order valence-corrected chi connectivity index (χ1v) is 7.69. The topological polar surface area (TPSA) is 73.2 Å². The summed E-state index contributed by atoms with van der Waals surface area (Å²) in [5, 5.41) is 12.1. The van der Waals surface area contributed by atoms with Gasteiger partial charge in [-0.15, -0.1) is 0 Å². The molecule has 0 aromatic heterocycles. The highest BCUT2D eigenvalue weighted by Gasteiger charge is 2.28. The maximum atomic E-state index is 12.4. The lowest BCUT2D eigenvalue weighted by molar-refractivity contribution is 0.360. The molecule has 1 fully saturated rings. The van der Waals surface area contributed by atoms with Crippen molar-refractivity contribution in [2.45, 2.75) is 4.90 Å². The molecule has 1 N–H and O–H groups in total. The van der Waals surface area contributed by atoms with Crippen LogP contribution in [0.4, 0.5) is 0 Å². The van der Waals surface area contributed by atoms with Gasteiger partial charge in [0.05, 0.1) is 5.56 Å². The minimum atomic E-state index is -3.57. The molecule has 1 heterocycles. The smallest absolute Gasteiger partial charge is 0.244 e. The van der Waals surface area contributed by atoms with Gasteiger partial charge in [-0.1, -0.05) is 15.9 Å². The zero-order chi connectivity index (χ0) is 13.2. The molecule has 0 spiro atoms. The Labute approximate surface area is 115 Å². The van der Waals surface area contributed by atoms with Crippen LogP contribution in [0.25, 0.3) is 0 Å². The number of rotatable bonds is 2. The SMILES string of the molecule is N#Cc1cc(Br)ccc1S(=O)(=O)N1CCNCC1. The van der Waals surface area contributed by atoms with E-state index in [4.69, 9.17) is 5.26 Å². The second-order valence-corrected chi connectivity index (χ2v) is 6.73. The Hall–Kier alpha value is -0.940. The molecule has 1 aliphatic heterocycles. The van der Waals surface area contributed by atoms with Gasteiger partial charge >= 0.3 is 0 Å². The van der Waals surface area contributed by atoms with Crippen molar-refractivity contribution < 1.29 is 8.42 Å². The second-order valence-electron chi connectivity index (χ2n) is 3.91. The van der Waals surface area contributed by atoms with Gasteiger partial charge in [0, 0.05) is 30.7 Å². The summed E-state index contributed by atoms with van der Waals surface area (Å²) in [6, 6.07) is 6.56. The highest BCUT2D eigenvalue weighted by molar-refractivity contribution is 9.10. The monoisotopic (exact) mass is 329 g/mol. The lowest BCUT2D eigenvalue weighted by Crippen LogP contribution is -2.46. The fourth-order valence-corrected chi connectivity index (χ4v) is 3.76. The molecule has 1 saturated heterocycles. The Morgan fingerprint density at radius 1 is 1.33 bits per heavy atom. The highest BCUT2D eigenvalue weighted by Crippen LogP contribution is 2.23. The average Bonchev–Trinajstić information content (AvgIpc) is 2.39. The number of sulfonamides is 1. The van der Waals surface area contributed by atoms with Crippen LogP contribution in [0.3, 0.4) is 0 Å². The van der Waals surface area contributed by atoms with Gasteiger partial charge in [0.15, 0.2) is 0 Å². The molecule has 2 rings (SSSR count). The third-order valence-electron chi connectivity index (χ3n) is 2.76. The second kappa shape index (κ2) is 5.36. The quantitative estimate of drug-likeness (QED) is 0.875. The zero-order valence-corrected chi connectivity index (χ0v) is 12.0. The highest BCUT2D eigenvalue weighted by atomic mass is 79.9. The molecule has 1 aromatic rings. The van der Waals surface area contributed by atoms with Gasteiger partial charge in [0.25, 0.3) is 0 Å². The van der Waals surface area contributed by atoms with Crippen molar-refractivity contribution in [2.75, 3.05) is 26.2 Å². The Kier molecular flexibility index (Phi) is 4.02. The van der Waals surface area contributed by atoms with E-state index in [2.05, 4.69) is 21.2 Å². The van der Waals surface area contributed by atoms with E-state index in [1.807, 2.05) is 6.07 Å². The Morgan fingerprint density at radius 3 is 2.61 bits per heavy atom. The maximum Gasteiger partial charge on any atom is 0.244 e. The number of hydrogen-bond donors (Lipinski definition) is 1. The van der Waals surface area contributed by atoms with Gasteiger partial charge in [-0.05, 0) is 18.2 Å². The standard InChI is InChI=1S/C11H12BrN3O2S/c12-10-1-2-11(9(7-10)8-13)18(16,17)15-5-3-14-4-6-15/h1-2,7,14H,3-6H2. The lowest BCUT2D eigenvalue weighted by Gasteiger charge is -2.26. The van der Waals surface area contributed by atoms with Crippen molar-refractivity contribution in [2.24, 2.45) is 0 Å². The van der Waals surface area contributed by atoms with Crippen LogP contribution in [0, 0.1) is 11.3 Å². The summed E-state index contributed by atoms with van der Waals surface area (Å²) in [4.78, 5) is 0.0788.